The summed E-state index contributed by atoms with van der Waals surface area (Å²) >= 11 is 0. The molecular weight excluding hydrogens is 222 g/mol. The normalized spacial score (nSPS) is 16.4. The lowest BCUT2D eigenvalue weighted by molar-refractivity contribution is 0.443. The second-order valence-electron chi connectivity index (χ2n) is 4.54. The zero-order chi connectivity index (χ0) is 12.8. The molecule has 1 N–H and O–H groups in total. The molecule has 4 heteroatoms. The number of sulfone groups is 1. The van der Waals surface area contributed by atoms with Crippen LogP contribution in [0, 0.1) is 0 Å². The van der Waals surface area contributed by atoms with Crippen molar-refractivity contribution in [1.82, 2.24) is 5.32 Å². The van der Waals surface area contributed by atoms with Gasteiger partial charge in [-0.2, -0.15) is 0 Å². The van der Waals surface area contributed by atoms with E-state index in [9.17, 15) is 8.42 Å². The minimum absolute atomic E-state index is 0.104. The van der Waals surface area contributed by atoms with Crippen LogP contribution < -0.4 is 5.32 Å². The van der Waals surface area contributed by atoms with Crippen LogP contribution in [0.1, 0.15) is 53.9 Å². The quantitative estimate of drug-likeness (QED) is 0.718. The fraction of sp³-hybridized carbons (Fsp3) is 1.00. The molecule has 0 spiro atoms. The Bertz CT molecular complexity index is 267. The van der Waals surface area contributed by atoms with Gasteiger partial charge in [-0.3, -0.25) is 0 Å². The van der Waals surface area contributed by atoms with Crippen molar-refractivity contribution in [3.63, 3.8) is 0 Å². The molecule has 2 unspecified atom stereocenters. The van der Waals surface area contributed by atoms with Gasteiger partial charge in [0.1, 0.15) is 0 Å². The number of rotatable bonds is 8. The molecule has 0 aromatic carbocycles. The maximum Gasteiger partial charge on any atom is 0.156 e. The fourth-order valence-electron chi connectivity index (χ4n) is 2.09. The first-order valence-corrected chi connectivity index (χ1v) is 7.98. The molecule has 0 amide bonds. The maximum absolute atomic E-state index is 12.2. The SMILES string of the molecule is CCCC(NCC)C(CC)S(=O)(=O)C(C)C. The molecule has 0 fully saturated rings. The summed E-state index contributed by atoms with van der Waals surface area (Å²) in [4.78, 5) is 0. The van der Waals surface area contributed by atoms with Crippen LogP contribution in [-0.4, -0.2) is 31.5 Å². The van der Waals surface area contributed by atoms with Crippen molar-refractivity contribution in [3.05, 3.63) is 0 Å². The molecule has 3 nitrogen and oxygen atoms in total. The highest BCUT2D eigenvalue weighted by Gasteiger charge is 2.33. The summed E-state index contributed by atoms with van der Waals surface area (Å²) < 4.78 is 24.4. The van der Waals surface area contributed by atoms with E-state index in [1.807, 2.05) is 13.8 Å². The van der Waals surface area contributed by atoms with Crippen LogP contribution in [0.25, 0.3) is 0 Å². The summed E-state index contributed by atoms with van der Waals surface area (Å²) in [5, 5.41) is 2.79. The molecule has 0 heterocycles. The first-order chi connectivity index (χ1) is 7.41. The largest absolute Gasteiger partial charge is 0.313 e. The van der Waals surface area contributed by atoms with Gasteiger partial charge in [-0.15, -0.1) is 0 Å². The van der Waals surface area contributed by atoms with E-state index < -0.39 is 9.84 Å². The third-order valence-corrected chi connectivity index (χ3v) is 5.82. The second kappa shape index (κ2) is 7.28. The van der Waals surface area contributed by atoms with Gasteiger partial charge in [0.15, 0.2) is 9.84 Å². The Balaban J connectivity index is 4.92. The molecule has 0 saturated carbocycles. The minimum atomic E-state index is -3.00. The Morgan fingerprint density at radius 1 is 1.12 bits per heavy atom. The van der Waals surface area contributed by atoms with Gasteiger partial charge in [-0.05, 0) is 33.2 Å². The van der Waals surface area contributed by atoms with E-state index in [2.05, 4.69) is 12.2 Å². The summed E-state index contributed by atoms with van der Waals surface area (Å²) in [6.45, 7) is 10.5. The van der Waals surface area contributed by atoms with Gasteiger partial charge in [0.05, 0.1) is 10.5 Å². The van der Waals surface area contributed by atoms with Crippen molar-refractivity contribution in [2.45, 2.75) is 70.4 Å². The molecule has 0 bridgehead atoms. The van der Waals surface area contributed by atoms with Crippen molar-refractivity contribution in [2.75, 3.05) is 6.54 Å². The molecule has 0 aromatic heterocycles. The zero-order valence-electron chi connectivity index (χ0n) is 11.3. The van der Waals surface area contributed by atoms with E-state index in [0.29, 0.717) is 6.42 Å². The highest BCUT2D eigenvalue weighted by Crippen LogP contribution is 2.19. The van der Waals surface area contributed by atoms with Crippen molar-refractivity contribution in [3.8, 4) is 0 Å². The average molecular weight is 249 g/mol. The molecule has 0 radical (unpaired) electrons. The number of hydrogen-bond donors (Lipinski definition) is 1. The van der Waals surface area contributed by atoms with Gasteiger partial charge in [0.2, 0.25) is 0 Å². The van der Waals surface area contributed by atoms with Crippen LogP contribution in [0.4, 0.5) is 0 Å². The Labute approximate surface area is 101 Å². The maximum atomic E-state index is 12.2. The highest BCUT2D eigenvalue weighted by atomic mass is 32.2. The van der Waals surface area contributed by atoms with Crippen molar-refractivity contribution >= 4 is 9.84 Å². The summed E-state index contributed by atoms with van der Waals surface area (Å²) in [6, 6.07) is 0.104. The summed E-state index contributed by atoms with van der Waals surface area (Å²) in [6.07, 6.45) is 2.64. The monoisotopic (exact) mass is 249 g/mol. The molecule has 0 aliphatic heterocycles. The third kappa shape index (κ3) is 4.06. The first kappa shape index (κ1) is 15.9. The Morgan fingerprint density at radius 3 is 2.00 bits per heavy atom. The molecule has 0 aliphatic carbocycles. The van der Waals surface area contributed by atoms with Crippen molar-refractivity contribution in [1.29, 1.82) is 0 Å². The summed E-state index contributed by atoms with van der Waals surface area (Å²) in [5.74, 6) is 0. The molecule has 0 aliphatic rings. The van der Waals surface area contributed by atoms with Crippen LogP contribution in [0.15, 0.2) is 0 Å². The molecule has 98 valence electrons. The Kier molecular flexibility index (Phi) is 7.24. The van der Waals surface area contributed by atoms with Crippen LogP contribution in [0.5, 0.6) is 0 Å². The lowest BCUT2D eigenvalue weighted by Crippen LogP contribution is -2.46. The third-order valence-electron chi connectivity index (χ3n) is 3.00. The van der Waals surface area contributed by atoms with E-state index >= 15 is 0 Å². The predicted molar refractivity (Wildman–Crippen MR) is 70.5 cm³/mol. The van der Waals surface area contributed by atoms with Gasteiger partial charge in [-0.25, -0.2) is 8.42 Å². The fourth-order valence-corrected chi connectivity index (χ4v) is 3.94. The lowest BCUT2D eigenvalue weighted by Gasteiger charge is -2.28. The van der Waals surface area contributed by atoms with Crippen LogP contribution in [0.2, 0.25) is 0 Å². The molecular formula is C12H27NO2S. The van der Waals surface area contributed by atoms with E-state index in [1.54, 1.807) is 13.8 Å². The lowest BCUT2D eigenvalue weighted by atomic mass is 10.1. The molecule has 0 saturated heterocycles. The van der Waals surface area contributed by atoms with Crippen molar-refractivity contribution in [2.24, 2.45) is 0 Å². The van der Waals surface area contributed by atoms with E-state index in [4.69, 9.17) is 0 Å². The predicted octanol–water partition coefficient (Wildman–Crippen LogP) is 2.37. The van der Waals surface area contributed by atoms with E-state index in [0.717, 1.165) is 19.4 Å². The van der Waals surface area contributed by atoms with Gasteiger partial charge >= 0.3 is 0 Å². The zero-order valence-corrected chi connectivity index (χ0v) is 12.1. The molecule has 0 aromatic rings. The topological polar surface area (TPSA) is 46.2 Å². The Hall–Kier alpha value is -0.0900. The standard InChI is InChI=1S/C12H27NO2S/c1-6-9-11(13-8-3)12(7-2)16(14,15)10(4)5/h10-13H,6-9H2,1-5H3. The summed E-state index contributed by atoms with van der Waals surface area (Å²) in [7, 11) is -3.00. The number of nitrogens with one attached hydrogen (secondary N) is 1. The number of hydrogen-bond acceptors (Lipinski definition) is 3. The molecule has 16 heavy (non-hydrogen) atoms. The summed E-state index contributed by atoms with van der Waals surface area (Å²) in [5.41, 5.74) is 0. The van der Waals surface area contributed by atoms with E-state index in [-0.39, 0.29) is 16.5 Å². The second-order valence-corrected chi connectivity index (χ2v) is 7.26. The van der Waals surface area contributed by atoms with Gasteiger partial charge < -0.3 is 5.32 Å². The van der Waals surface area contributed by atoms with Crippen molar-refractivity contribution < 1.29 is 8.42 Å². The minimum Gasteiger partial charge on any atom is -0.313 e. The van der Waals surface area contributed by atoms with E-state index in [1.165, 1.54) is 0 Å². The molecule has 2 atom stereocenters. The molecule has 0 rings (SSSR count). The highest BCUT2D eigenvalue weighted by molar-refractivity contribution is 7.92. The smallest absolute Gasteiger partial charge is 0.156 e. The average Bonchev–Trinajstić information content (AvgIpc) is 2.18. The van der Waals surface area contributed by atoms with Gasteiger partial charge in [0, 0.05) is 6.04 Å². The first-order valence-electron chi connectivity index (χ1n) is 6.37. The van der Waals surface area contributed by atoms with Gasteiger partial charge in [-0.1, -0.05) is 27.2 Å². The van der Waals surface area contributed by atoms with Crippen LogP contribution in [0.3, 0.4) is 0 Å². The van der Waals surface area contributed by atoms with Crippen LogP contribution >= 0.6 is 0 Å². The van der Waals surface area contributed by atoms with Gasteiger partial charge in [0.25, 0.3) is 0 Å². The Morgan fingerprint density at radius 2 is 1.69 bits per heavy atom. The van der Waals surface area contributed by atoms with Crippen LogP contribution in [-0.2, 0) is 9.84 Å².